The fourth-order valence-corrected chi connectivity index (χ4v) is 2.04. The van der Waals surface area contributed by atoms with Gasteiger partial charge in [0.1, 0.15) is 5.75 Å². The second-order valence-corrected chi connectivity index (χ2v) is 4.72. The molecule has 4 nitrogen and oxygen atoms in total. The molecular formula is C14H19N3O. The molecule has 2 N–H and O–H groups in total. The summed E-state index contributed by atoms with van der Waals surface area (Å²) >= 11 is 0. The van der Waals surface area contributed by atoms with Crippen LogP contribution in [0.4, 0.5) is 5.69 Å². The Morgan fingerprint density at radius 1 is 1.33 bits per heavy atom. The van der Waals surface area contributed by atoms with Crippen molar-refractivity contribution in [2.75, 3.05) is 5.32 Å². The zero-order valence-electron chi connectivity index (χ0n) is 11.0. The molecule has 18 heavy (non-hydrogen) atoms. The van der Waals surface area contributed by atoms with Crippen LogP contribution in [0.3, 0.4) is 0 Å². The Balaban J connectivity index is 1.98. The molecule has 1 aromatic carbocycles. The van der Waals surface area contributed by atoms with E-state index in [1.54, 1.807) is 12.1 Å². The first-order valence-corrected chi connectivity index (χ1v) is 6.09. The number of nitrogens with zero attached hydrogens (tertiary/aromatic N) is 2. The standard InChI is InChI=1S/C14H19N3O/c1-10(8-12-4-6-13(18)7-5-12)15-14-9-17(3)16-11(14)2/h4-7,9-10,15,18H,8H2,1-3H3. The maximum atomic E-state index is 9.24. The molecule has 1 atom stereocenters. The highest BCUT2D eigenvalue weighted by Gasteiger charge is 2.08. The van der Waals surface area contributed by atoms with Gasteiger partial charge in [0.25, 0.3) is 0 Å². The third kappa shape index (κ3) is 3.03. The maximum Gasteiger partial charge on any atom is 0.115 e. The first-order chi connectivity index (χ1) is 8.54. The van der Waals surface area contributed by atoms with Gasteiger partial charge in [-0.15, -0.1) is 0 Å². The number of aryl methyl sites for hydroxylation is 2. The number of aromatic hydroxyl groups is 1. The molecule has 0 aliphatic carbocycles. The van der Waals surface area contributed by atoms with Gasteiger partial charge in [0, 0.05) is 19.3 Å². The number of nitrogens with one attached hydrogen (secondary N) is 1. The molecule has 1 heterocycles. The average molecular weight is 245 g/mol. The SMILES string of the molecule is Cc1nn(C)cc1NC(C)Cc1ccc(O)cc1. The maximum absolute atomic E-state index is 9.24. The lowest BCUT2D eigenvalue weighted by atomic mass is 10.1. The lowest BCUT2D eigenvalue weighted by molar-refractivity contribution is 0.475. The van der Waals surface area contributed by atoms with Gasteiger partial charge in [-0.25, -0.2) is 0 Å². The molecule has 0 bridgehead atoms. The lowest BCUT2D eigenvalue weighted by Crippen LogP contribution is -2.18. The van der Waals surface area contributed by atoms with Gasteiger partial charge in [-0.05, 0) is 38.0 Å². The van der Waals surface area contributed by atoms with Crippen molar-refractivity contribution in [1.29, 1.82) is 0 Å². The van der Waals surface area contributed by atoms with Crippen LogP contribution in [-0.2, 0) is 13.5 Å². The van der Waals surface area contributed by atoms with Gasteiger partial charge >= 0.3 is 0 Å². The van der Waals surface area contributed by atoms with Crippen LogP contribution in [0.15, 0.2) is 30.5 Å². The summed E-state index contributed by atoms with van der Waals surface area (Å²) < 4.78 is 1.81. The molecule has 0 saturated heterocycles. The minimum Gasteiger partial charge on any atom is -0.508 e. The molecule has 96 valence electrons. The van der Waals surface area contributed by atoms with E-state index in [9.17, 15) is 5.11 Å². The molecule has 1 aromatic heterocycles. The molecule has 0 fully saturated rings. The molecule has 0 saturated carbocycles. The van der Waals surface area contributed by atoms with Gasteiger partial charge in [0.2, 0.25) is 0 Å². The normalized spacial score (nSPS) is 12.4. The van der Waals surface area contributed by atoms with Gasteiger partial charge in [0.05, 0.1) is 11.4 Å². The van der Waals surface area contributed by atoms with E-state index in [2.05, 4.69) is 17.3 Å². The predicted octanol–water partition coefficient (Wildman–Crippen LogP) is 2.48. The van der Waals surface area contributed by atoms with Crippen molar-refractivity contribution in [2.24, 2.45) is 7.05 Å². The van der Waals surface area contributed by atoms with Gasteiger partial charge in [0.15, 0.2) is 0 Å². The van der Waals surface area contributed by atoms with Crippen molar-refractivity contribution in [3.05, 3.63) is 41.7 Å². The molecular weight excluding hydrogens is 226 g/mol. The van der Waals surface area contributed by atoms with Crippen molar-refractivity contribution in [3.63, 3.8) is 0 Å². The minimum atomic E-state index is 0.308. The molecule has 0 spiro atoms. The quantitative estimate of drug-likeness (QED) is 0.870. The van der Waals surface area contributed by atoms with E-state index in [1.807, 2.05) is 37.0 Å². The third-order valence-corrected chi connectivity index (χ3v) is 2.89. The number of phenols is 1. The summed E-state index contributed by atoms with van der Waals surface area (Å²) in [6.45, 7) is 4.13. The van der Waals surface area contributed by atoms with Crippen LogP contribution in [0, 0.1) is 6.92 Å². The van der Waals surface area contributed by atoms with Crippen LogP contribution in [0.1, 0.15) is 18.2 Å². The second kappa shape index (κ2) is 5.12. The van der Waals surface area contributed by atoms with E-state index < -0.39 is 0 Å². The number of rotatable bonds is 4. The predicted molar refractivity (Wildman–Crippen MR) is 72.8 cm³/mol. The minimum absolute atomic E-state index is 0.308. The van der Waals surface area contributed by atoms with E-state index in [1.165, 1.54) is 5.56 Å². The van der Waals surface area contributed by atoms with Crippen LogP contribution in [0.5, 0.6) is 5.75 Å². The monoisotopic (exact) mass is 245 g/mol. The second-order valence-electron chi connectivity index (χ2n) is 4.72. The summed E-state index contributed by atoms with van der Waals surface area (Å²) in [6, 6.07) is 7.65. The third-order valence-electron chi connectivity index (χ3n) is 2.89. The van der Waals surface area contributed by atoms with Gasteiger partial charge < -0.3 is 10.4 Å². The van der Waals surface area contributed by atoms with Crippen molar-refractivity contribution in [2.45, 2.75) is 26.3 Å². The van der Waals surface area contributed by atoms with Crippen molar-refractivity contribution in [3.8, 4) is 5.75 Å². The molecule has 2 rings (SSSR count). The zero-order chi connectivity index (χ0) is 13.1. The Hall–Kier alpha value is -1.97. The highest BCUT2D eigenvalue weighted by molar-refractivity contribution is 5.46. The number of phenolic OH excluding ortho intramolecular Hbond substituents is 1. The number of hydrogen-bond donors (Lipinski definition) is 2. The van der Waals surface area contributed by atoms with Gasteiger partial charge in [-0.3, -0.25) is 4.68 Å². The van der Waals surface area contributed by atoms with Crippen molar-refractivity contribution >= 4 is 5.69 Å². The van der Waals surface area contributed by atoms with Gasteiger partial charge in [-0.2, -0.15) is 5.10 Å². The largest absolute Gasteiger partial charge is 0.508 e. The average Bonchev–Trinajstić information content (AvgIpc) is 2.61. The van der Waals surface area contributed by atoms with Crippen LogP contribution in [-0.4, -0.2) is 20.9 Å². The fourth-order valence-electron chi connectivity index (χ4n) is 2.04. The van der Waals surface area contributed by atoms with E-state index in [4.69, 9.17) is 0 Å². The smallest absolute Gasteiger partial charge is 0.115 e. The summed E-state index contributed by atoms with van der Waals surface area (Å²) in [5.74, 6) is 0.308. The van der Waals surface area contributed by atoms with Crippen molar-refractivity contribution in [1.82, 2.24) is 9.78 Å². The van der Waals surface area contributed by atoms with E-state index >= 15 is 0 Å². The van der Waals surface area contributed by atoms with E-state index in [0.717, 1.165) is 17.8 Å². The van der Waals surface area contributed by atoms with E-state index in [0.29, 0.717) is 11.8 Å². The summed E-state index contributed by atoms with van der Waals surface area (Å²) in [7, 11) is 1.92. The molecule has 0 amide bonds. The highest BCUT2D eigenvalue weighted by atomic mass is 16.3. The number of aromatic nitrogens is 2. The Labute approximate surface area is 107 Å². The molecule has 0 aliphatic rings. The van der Waals surface area contributed by atoms with E-state index in [-0.39, 0.29) is 0 Å². The number of anilines is 1. The number of hydrogen-bond acceptors (Lipinski definition) is 3. The van der Waals surface area contributed by atoms with Crippen LogP contribution in [0.2, 0.25) is 0 Å². The Morgan fingerprint density at radius 2 is 2.00 bits per heavy atom. The topological polar surface area (TPSA) is 50.1 Å². The molecule has 2 aromatic rings. The Kier molecular flexibility index (Phi) is 3.55. The Bertz CT molecular complexity index is 516. The summed E-state index contributed by atoms with van der Waals surface area (Å²) in [5.41, 5.74) is 3.29. The first kappa shape index (κ1) is 12.5. The molecule has 0 radical (unpaired) electrons. The van der Waals surface area contributed by atoms with Gasteiger partial charge in [-0.1, -0.05) is 12.1 Å². The first-order valence-electron chi connectivity index (χ1n) is 6.09. The fraction of sp³-hybridized carbons (Fsp3) is 0.357. The highest BCUT2D eigenvalue weighted by Crippen LogP contribution is 2.16. The van der Waals surface area contributed by atoms with Crippen molar-refractivity contribution < 1.29 is 5.11 Å². The van der Waals surface area contributed by atoms with Crippen LogP contribution in [0.25, 0.3) is 0 Å². The lowest BCUT2D eigenvalue weighted by Gasteiger charge is -2.14. The van der Waals surface area contributed by atoms with Crippen LogP contribution >= 0.6 is 0 Å². The summed E-state index contributed by atoms with van der Waals surface area (Å²) in [6.07, 6.45) is 2.90. The van der Waals surface area contributed by atoms with Crippen LogP contribution < -0.4 is 5.32 Å². The Morgan fingerprint density at radius 3 is 2.56 bits per heavy atom. The molecule has 0 aliphatic heterocycles. The zero-order valence-corrected chi connectivity index (χ0v) is 11.0. The molecule has 1 unspecified atom stereocenters. The summed E-state index contributed by atoms with van der Waals surface area (Å²) in [5, 5.41) is 17.0. The number of benzene rings is 1. The molecule has 4 heteroatoms. The summed E-state index contributed by atoms with van der Waals surface area (Å²) in [4.78, 5) is 0.